The molecule has 0 aliphatic carbocycles. The third-order valence-corrected chi connectivity index (χ3v) is 4.50. The number of hydrogen-bond donors (Lipinski definition) is 1. The summed E-state index contributed by atoms with van der Waals surface area (Å²) in [5.74, 6) is 0.487. The van der Waals surface area contributed by atoms with Crippen molar-refractivity contribution in [2.75, 3.05) is 52.5 Å². The third-order valence-electron chi connectivity index (χ3n) is 4.50. The molecule has 2 fully saturated rings. The number of hydrogen-bond acceptors (Lipinski definition) is 4. The second-order valence-electron chi connectivity index (χ2n) is 5.89. The topological polar surface area (TPSA) is 41.7 Å². The van der Waals surface area contributed by atoms with Crippen molar-refractivity contribution in [3.05, 3.63) is 35.9 Å². The van der Waals surface area contributed by atoms with E-state index in [1.54, 1.807) is 0 Å². The van der Waals surface area contributed by atoms with Gasteiger partial charge in [0.1, 0.15) is 0 Å². The van der Waals surface area contributed by atoms with Gasteiger partial charge in [0.2, 0.25) is 0 Å². The van der Waals surface area contributed by atoms with Crippen LogP contribution < -0.4 is 5.73 Å². The first-order chi connectivity index (χ1) is 9.83. The van der Waals surface area contributed by atoms with E-state index < -0.39 is 0 Å². The van der Waals surface area contributed by atoms with Gasteiger partial charge in [-0.1, -0.05) is 30.3 Å². The smallest absolute Gasteiger partial charge is 0.0594 e. The molecule has 3 rings (SSSR count). The van der Waals surface area contributed by atoms with Crippen molar-refractivity contribution in [3.8, 4) is 0 Å². The molecule has 110 valence electrons. The summed E-state index contributed by atoms with van der Waals surface area (Å²) < 4.78 is 5.39. The molecule has 0 bridgehead atoms. The van der Waals surface area contributed by atoms with Crippen LogP contribution in [0.15, 0.2) is 30.3 Å². The number of likely N-dealkylation sites (tertiary alicyclic amines) is 1. The van der Waals surface area contributed by atoms with Crippen LogP contribution in [0, 0.1) is 0 Å². The standard InChI is InChI=1S/C16H25N3O/c17-16-13-19(7-6-18-8-10-20-11-9-18)12-15(16)14-4-2-1-3-5-14/h1-5,15-16H,6-13,17H2/t15-,16+/m0/s1. The van der Waals surface area contributed by atoms with Crippen LogP contribution >= 0.6 is 0 Å². The first kappa shape index (κ1) is 14.0. The molecule has 0 unspecified atom stereocenters. The fourth-order valence-corrected chi connectivity index (χ4v) is 3.26. The van der Waals surface area contributed by atoms with Gasteiger partial charge in [-0.15, -0.1) is 0 Å². The van der Waals surface area contributed by atoms with E-state index in [0.717, 1.165) is 52.5 Å². The van der Waals surface area contributed by atoms with Gasteiger partial charge < -0.3 is 10.5 Å². The number of benzene rings is 1. The highest BCUT2D eigenvalue weighted by atomic mass is 16.5. The SMILES string of the molecule is N[C@@H]1CN(CCN2CCOCC2)C[C@H]1c1ccccc1. The van der Waals surface area contributed by atoms with E-state index in [0.29, 0.717) is 5.92 Å². The quantitative estimate of drug-likeness (QED) is 0.880. The number of rotatable bonds is 4. The van der Waals surface area contributed by atoms with Gasteiger partial charge in [0.15, 0.2) is 0 Å². The van der Waals surface area contributed by atoms with Crippen LogP contribution in [0.25, 0.3) is 0 Å². The van der Waals surface area contributed by atoms with Crippen molar-refractivity contribution >= 4 is 0 Å². The molecule has 2 N–H and O–H groups in total. The Balaban J connectivity index is 1.50. The minimum absolute atomic E-state index is 0.266. The Bertz CT molecular complexity index is 405. The van der Waals surface area contributed by atoms with Crippen LogP contribution in [0.1, 0.15) is 11.5 Å². The highest BCUT2D eigenvalue weighted by Gasteiger charge is 2.31. The van der Waals surface area contributed by atoms with E-state index in [1.165, 1.54) is 5.56 Å². The van der Waals surface area contributed by atoms with Crippen LogP contribution in [0.2, 0.25) is 0 Å². The Morgan fingerprint density at radius 1 is 1.00 bits per heavy atom. The molecule has 0 spiro atoms. The third kappa shape index (κ3) is 3.38. The lowest BCUT2D eigenvalue weighted by atomic mass is 9.95. The second kappa shape index (κ2) is 6.68. The van der Waals surface area contributed by atoms with E-state index in [9.17, 15) is 0 Å². The van der Waals surface area contributed by atoms with E-state index in [1.807, 2.05) is 0 Å². The number of nitrogens with zero attached hydrogens (tertiary/aromatic N) is 2. The fraction of sp³-hybridized carbons (Fsp3) is 0.625. The zero-order valence-electron chi connectivity index (χ0n) is 12.1. The van der Waals surface area contributed by atoms with Crippen molar-refractivity contribution in [3.63, 3.8) is 0 Å². The minimum atomic E-state index is 0.266. The zero-order chi connectivity index (χ0) is 13.8. The maximum atomic E-state index is 6.33. The largest absolute Gasteiger partial charge is 0.379 e. The van der Waals surface area contributed by atoms with Crippen LogP contribution in [0.3, 0.4) is 0 Å². The maximum Gasteiger partial charge on any atom is 0.0594 e. The second-order valence-corrected chi connectivity index (χ2v) is 5.89. The predicted octanol–water partition coefficient (Wildman–Crippen LogP) is 0.745. The molecule has 0 aromatic heterocycles. The fourth-order valence-electron chi connectivity index (χ4n) is 3.26. The average Bonchev–Trinajstić information content (AvgIpc) is 2.88. The summed E-state index contributed by atoms with van der Waals surface area (Å²) in [6.45, 7) is 8.27. The first-order valence-electron chi connectivity index (χ1n) is 7.66. The van der Waals surface area contributed by atoms with Gasteiger partial charge in [-0.05, 0) is 5.56 Å². The molecule has 2 aliphatic heterocycles. The molecule has 4 heteroatoms. The normalized spacial score (nSPS) is 28.9. The molecule has 0 saturated carbocycles. The van der Waals surface area contributed by atoms with E-state index >= 15 is 0 Å². The van der Waals surface area contributed by atoms with Crippen LogP contribution in [-0.4, -0.2) is 68.3 Å². The molecule has 0 radical (unpaired) electrons. The van der Waals surface area contributed by atoms with E-state index in [2.05, 4.69) is 40.1 Å². The molecule has 2 saturated heterocycles. The van der Waals surface area contributed by atoms with Crippen molar-refractivity contribution in [1.82, 2.24) is 9.80 Å². The van der Waals surface area contributed by atoms with Gasteiger partial charge in [0.05, 0.1) is 13.2 Å². The molecule has 0 amide bonds. The molecule has 2 aliphatic rings. The zero-order valence-corrected chi connectivity index (χ0v) is 12.1. The molecule has 2 heterocycles. The van der Waals surface area contributed by atoms with Gasteiger partial charge in [0.25, 0.3) is 0 Å². The molecular weight excluding hydrogens is 250 g/mol. The van der Waals surface area contributed by atoms with E-state index in [4.69, 9.17) is 10.5 Å². The number of morpholine rings is 1. The Labute approximate surface area is 121 Å². The highest BCUT2D eigenvalue weighted by molar-refractivity contribution is 5.23. The lowest BCUT2D eigenvalue weighted by Gasteiger charge is -2.28. The van der Waals surface area contributed by atoms with Crippen LogP contribution in [0.5, 0.6) is 0 Å². The van der Waals surface area contributed by atoms with Crippen LogP contribution in [-0.2, 0) is 4.74 Å². The summed E-state index contributed by atoms with van der Waals surface area (Å²) in [5, 5.41) is 0. The average molecular weight is 275 g/mol. The molecule has 2 atom stereocenters. The highest BCUT2D eigenvalue weighted by Crippen LogP contribution is 2.26. The minimum Gasteiger partial charge on any atom is -0.379 e. The molecule has 20 heavy (non-hydrogen) atoms. The number of ether oxygens (including phenoxy) is 1. The van der Waals surface area contributed by atoms with Crippen molar-refractivity contribution in [2.24, 2.45) is 5.73 Å². The van der Waals surface area contributed by atoms with E-state index in [-0.39, 0.29) is 6.04 Å². The summed E-state index contributed by atoms with van der Waals surface area (Å²) in [6.07, 6.45) is 0. The summed E-state index contributed by atoms with van der Waals surface area (Å²) in [6, 6.07) is 11.0. The molecule has 4 nitrogen and oxygen atoms in total. The Kier molecular flexibility index (Phi) is 4.68. The Morgan fingerprint density at radius 3 is 2.45 bits per heavy atom. The maximum absolute atomic E-state index is 6.33. The number of nitrogens with two attached hydrogens (primary N) is 1. The summed E-state index contributed by atoms with van der Waals surface area (Å²) in [5.41, 5.74) is 7.72. The molecule has 1 aromatic rings. The summed E-state index contributed by atoms with van der Waals surface area (Å²) in [4.78, 5) is 5.00. The lowest BCUT2D eigenvalue weighted by molar-refractivity contribution is 0.0343. The van der Waals surface area contributed by atoms with Gasteiger partial charge in [-0.2, -0.15) is 0 Å². The van der Waals surface area contributed by atoms with Gasteiger partial charge >= 0.3 is 0 Å². The van der Waals surface area contributed by atoms with Crippen LogP contribution in [0.4, 0.5) is 0 Å². The van der Waals surface area contributed by atoms with Crippen molar-refractivity contribution < 1.29 is 4.74 Å². The summed E-state index contributed by atoms with van der Waals surface area (Å²) >= 11 is 0. The van der Waals surface area contributed by atoms with Gasteiger partial charge in [0, 0.05) is 51.2 Å². The Morgan fingerprint density at radius 2 is 1.70 bits per heavy atom. The van der Waals surface area contributed by atoms with Crippen molar-refractivity contribution in [1.29, 1.82) is 0 Å². The van der Waals surface area contributed by atoms with Gasteiger partial charge in [-0.3, -0.25) is 9.80 Å². The monoisotopic (exact) mass is 275 g/mol. The summed E-state index contributed by atoms with van der Waals surface area (Å²) in [7, 11) is 0. The lowest BCUT2D eigenvalue weighted by Crippen LogP contribution is -2.41. The van der Waals surface area contributed by atoms with Crippen molar-refractivity contribution in [2.45, 2.75) is 12.0 Å². The Hall–Kier alpha value is -0.940. The molecule has 1 aromatic carbocycles. The van der Waals surface area contributed by atoms with Gasteiger partial charge in [-0.25, -0.2) is 0 Å². The molecular formula is C16H25N3O. The predicted molar refractivity (Wildman–Crippen MR) is 80.9 cm³/mol. The first-order valence-corrected chi connectivity index (χ1v) is 7.66.